The summed E-state index contributed by atoms with van der Waals surface area (Å²) in [5.74, 6) is 1.91. The third-order valence-electron chi connectivity index (χ3n) is 5.08. The molecule has 1 heterocycles. The minimum absolute atomic E-state index is 0.438. The highest BCUT2D eigenvalue weighted by atomic mass is 32.2. The van der Waals surface area contributed by atoms with Gasteiger partial charge in [0.15, 0.2) is 0 Å². The van der Waals surface area contributed by atoms with Crippen LogP contribution in [0.15, 0.2) is 17.0 Å². The molecule has 1 aliphatic carbocycles. The van der Waals surface area contributed by atoms with Crippen molar-refractivity contribution in [3.63, 3.8) is 0 Å². The minimum atomic E-state index is -3.39. The summed E-state index contributed by atoms with van der Waals surface area (Å²) >= 11 is 0. The van der Waals surface area contributed by atoms with Gasteiger partial charge in [-0.25, -0.2) is 8.42 Å². The zero-order chi connectivity index (χ0) is 15.9. The summed E-state index contributed by atoms with van der Waals surface area (Å²) in [6.45, 7) is 7.66. The molecular formula is C17H25NO3S. The van der Waals surface area contributed by atoms with Crippen molar-refractivity contribution in [2.45, 2.75) is 44.9 Å². The van der Waals surface area contributed by atoms with Crippen LogP contribution in [0, 0.1) is 25.7 Å². The molecule has 122 valence electrons. The molecule has 0 amide bonds. The van der Waals surface area contributed by atoms with Crippen molar-refractivity contribution in [2.75, 3.05) is 19.7 Å². The number of benzene rings is 1. The lowest BCUT2D eigenvalue weighted by molar-refractivity contribution is 0.337. The lowest BCUT2D eigenvalue weighted by Crippen LogP contribution is -2.30. The quantitative estimate of drug-likeness (QED) is 0.855. The number of ether oxygens (including phenoxy) is 1. The number of aryl methyl sites for hydroxylation is 2. The van der Waals surface area contributed by atoms with Crippen molar-refractivity contribution < 1.29 is 13.2 Å². The first-order chi connectivity index (χ1) is 10.4. The van der Waals surface area contributed by atoms with Crippen molar-refractivity contribution in [1.29, 1.82) is 0 Å². The van der Waals surface area contributed by atoms with E-state index in [0.717, 1.165) is 16.9 Å². The van der Waals surface area contributed by atoms with E-state index in [-0.39, 0.29) is 0 Å². The molecule has 5 heteroatoms. The van der Waals surface area contributed by atoms with E-state index >= 15 is 0 Å². The molecule has 2 fully saturated rings. The fourth-order valence-corrected chi connectivity index (χ4v) is 5.72. The van der Waals surface area contributed by atoms with Crippen molar-refractivity contribution >= 4 is 10.0 Å². The Morgan fingerprint density at radius 3 is 2.36 bits per heavy atom. The highest BCUT2D eigenvalue weighted by Gasteiger charge is 2.41. The normalized spacial score (nSPS) is 25.4. The summed E-state index contributed by atoms with van der Waals surface area (Å²) in [5, 5.41) is 0. The van der Waals surface area contributed by atoms with Gasteiger partial charge >= 0.3 is 0 Å². The van der Waals surface area contributed by atoms with Crippen LogP contribution in [0.3, 0.4) is 0 Å². The summed E-state index contributed by atoms with van der Waals surface area (Å²) in [7, 11) is -3.39. The molecule has 0 bridgehead atoms. The third-order valence-corrected chi connectivity index (χ3v) is 7.06. The maximum Gasteiger partial charge on any atom is 0.243 e. The van der Waals surface area contributed by atoms with Gasteiger partial charge in [-0.05, 0) is 68.7 Å². The SMILES string of the molecule is CCOc1cc(C)c(S(=O)(=O)N2CC3CCCC3C2)cc1C. The Morgan fingerprint density at radius 1 is 1.14 bits per heavy atom. The molecule has 0 radical (unpaired) electrons. The Labute approximate surface area is 133 Å². The zero-order valence-corrected chi connectivity index (χ0v) is 14.4. The first-order valence-electron chi connectivity index (χ1n) is 8.17. The molecular weight excluding hydrogens is 298 g/mol. The maximum absolute atomic E-state index is 13.0. The highest BCUT2D eigenvalue weighted by molar-refractivity contribution is 7.89. The molecule has 1 aliphatic heterocycles. The molecule has 1 aromatic carbocycles. The lowest BCUT2D eigenvalue weighted by atomic mass is 10.0. The summed E-state index contributed by atoms with van der Waals surface area (Å²) in [5.41, 5.74) is 1.65. The molecule has 22 heavy (non-hydrogen) atoms. The van der Waals surface area contributed by atoms with Gasteiger partial charge < -0.3 is 4.74 Å². The molecule has 2 atom stereocenters. The van der Waals surface area contributed by atoms with E-state index in [0.29, 0.717) is 36.4 Å². The van der Waals surface area contributed by atoms with Crippen LogP contribution in [0.5, 0.6) is 5.75 Å². The molecule has 1 saturated heterocycles. The predicted octanol–water partition coefficient (Wildman–Crippen LogP) is 3.12. The van der Waals surface area contributed by atoms with Crippen molar-refractivity contribution in [2.24, 2.45) is 11.8 Å². The summed E-state index contributed by atoms with van der Waals surface area (Å²) < 4.78 is 33.2. The molecule has 1 aromatic rings. The Morgan fingerprint density at radius 2 is 1.77 bits per heavy atom. The van der Waals surface area contributed by atoms with E-state index in [1.54, 1.807) is 10.4 Å². The van der Waals surface area contributed by atoms with Gasteiger partial charge in [0.25, 0.3) is 0 Å². The second-order valence-electron chi connectivity index (χ2n) is 6.59. The fourth-order valence-electron chi connectivity index (χ4n) is 3.88. The zero-order valence-electron chi connectivity index (χ0n) is 13.6. The second-order valence-corrected chi connectivity index (χ2v) is 8.50. The summed E-state index contributed by atoms with van der Waals surface area (Å²) in [6.07, 6.45) is 3.61. The van der Waals surface area contributed by atoms with Gasteiger partial charge in [-0.1, -0.05) is 6.42 Å². The topological polar surface area (TPSA) is 46.6 Å². The van der Waals surface area contributed by atoms with E-state index in [4.69, 9.17) is 4.74 Å². The molecule has 0 N–H and O–H groups in total. The smallest absolute Gasteiger partial charge is 0.243 e. The Kier molecular flexibility index (Phi) is 4.21. The highest BCUT2D eigenvalue weighted by Crippen LogP contribution is 2.40. The number of nitrogens with zero attached hydrogens (tertiary/aromatic N) is 1. The van der Waals surface area contributed by atoms with Crippen LogP contribution in [-0.2, 0) is 10.0 Å². The number of fused-ring (bicyclic) bond motifs is 1. The molecule has 4 nitrogen and oxygen atoms in total. The monoisotopic (exact) mass is 323 g/mol. The Balaban J connectivity index is 1.91. The number of sulfonamides is 1. The maximum atomic E-state index is 13.0. The van der Waals surface area contributed by atoms with Gasteiger partial charge in [0, 0.05) is 13.1 Å². The number of rotatable bonds is 4. The molecule has 0 spiro atoms. The number of hydrogen-bond acceptors (Lipinski definition) is 3. The molecule has 0 aromatic heterocycles. The Bertz CT molecular complexity index is 657. The number of hydrogen-bond donors (Lipinski definition) is 0. The van der Waals surface area contributed by atoms with Crippen LogP contribution in [0.2, 0.25) is 0 Å². The first-order valence-corrected chi connectivity index (χ1v) is 9.61. The van der Waals surface area contributed by atoms with Crippen LogP contribution < -0.4 is 4.74 Å². The van der Waals surface area contributed by atoms with Crippen LogP contribution in [0.25, 0.3) is 0 Å². The van der Waals surface area contributed by atoms with Crippen LogP contribution in [0.4, 0.5) is 0 Å². The van der Waals surface area contributed by atoms with Crippen LogP contribution in [-0.4, -0.2) is 32.4 Å². The van der Waals surface area contributed by atoms with Crippen LogP contribution in [0.1, 0.15) is 37.3 Å². The summed E-state index contributed by atoms with van der Waals surface area (Å²) in [6, 6.07) is 3.62. The van der Waals surface area contributed by atoms with E-state index in [2.05, 4.69) is 0 Å². The van der Waals surface area contributed by atoms with Crippen molar-refractivity contribution in [1.82, 2.24) is 4.31 Å². The van der Waals surface area contributed by atoms with Gasteiger partial charge in [-0.3, -0.25) is 0 Å². The second kappa shape index (κ2) is 5.85. The van der Waals surface area contributed by atoms with Crippen LogP contribution >= 0.6 is 0 Å². The lowest BCUT2D eigenvalue weighted by Gasteiger charge is -2.20. The van der Waals surface area contributed by atoms with E-state index in [1.165, 1.54) is 19.3 Å². The minimum Gasteiger partial charge on any atom is -0.494 e. The average Bonchev–Trinajstić information content (AvgIpc) is 3.03. The van der Waals surface area contributed by atoms with Gasteiger partial charge in [-0.15, -0.1) is 0 Å². The average molecular weight is 323 g/mol. The van der Waals surface area contributed by atoms with Crippen molar-refractivity contribution in [3.8, 4) is 5.75 Å². The third kappa shape index (κ3) is 2.65. The molecule has 1 saturated carbocycles. The first kappa shape index (κ1) is 15.8. The van der Waals surface area contributed by atoms with E-state index in [1.807, 2.05) is 26.8 Å². The largest absolute Gasteiger partial charge is 0.494 e. The summed E-state index contributed by atoms with van der Waals surface area (Å²) in [4.78, 5) is 0.438. The van der Waals surface area contributed by atoms with Gasteiger partial charge in [0.2, 0.25) is 10.0 Å². The van der Waals surface area contributed by atoms with E-state index in [9.17, 15) is 8.42 Å². The van der Waals surface area contributed by atoms with Gasteiger partial charge in [-0.2, -0.15) is 4.31 Å². The fraction of sp³-hybridized carbons (Fsp3) is 0.647. The van der Waals surface area contributed by atoms with Gasteiger partial charge in [0.05, 0.1) is 11.5 Å². The molecule has 3 rings (SSSR count). The van der Waals surface area contributed by atoms with Gasteiger partial charge in [0.1, 0.15) is 5.75 Å². The predicted molar refractivity (Wildman–Crippen MR) is 86.7 cm³/mol. The van der Waals surface area contributed by atoms with E-state index < -0.39 is 10.0 Å². The van der Waals surface area contributed by atoms with Crippen molar-refractivity contribution in [3.05, 3.63) is 23.3 Å². The molecule has 2 unspecified atom stereocenters. The Hall–Kier alpha value is -1.07. The standard InChI is InChI=1S/C17H25NO3S/c1-4-21-16-8-13(3)17(9-12(16)2)22(19,20)18-10-14-6-5-7-15(14)11-18/h8-9,14-15H,4-7,10-11H2,1-3H3. The molecule has 2 aliphatic rings.